The van der Waals surface area contributed by atoms with Crippen LogP contribution in [0.2, 0.25) is 0 Å². The largest absolute Gasteiger partial charge is 0.495 e. The zero-order chi connectivity index (χ0) is 19.4. The van der Waals surface area contributed by atoms with E-state index in [1.54, 1.807) is 18.4 Å². The number of nitrogens with one attached hydrogen (secondary N) is 1. The Labute approximate surface area is 160 Å². The van der Waals surface area contributed by atoms with Crippen LogP contribution in [0.25, 0.3) is 0 Å². The molecule has 0 aliphatic carbocycles. The van der Waals surface area contributed by atoms with Gasteiger partial charge in [0.1, 0.15) is 16.4 Å². The third-order valence-corrected chi connectivity index (χ3v) is 6.34. The molecule has 1 unspecified atom stereocenters. The van der Waals surface area contributed by atoms with Gasteiger partial charge in [-0.15, -0.1) is 0 Å². The Bertz CT molecular complexity index is 858. The van der Waals surface area contributed by atoms with Crippen LogP contribution >= 0.6 is 0 Å². The summed E-state index contributed by atoms with van der Waals surface area (Å²) >= 11 is 0. The summed E-state index contributed by atoms with van der Waals surface area (Å²) in [4.78, 5) is 2.32. The van der Waals surface area contributed by atoms with Crippen molar-refractivity contribution in [3.05, 3.63) is 47.4 Å². The zero-order valence-electron chi connectivity index (χ0n) is 15.9. The number of sulfonamides is 1. The van der Waals surface area contributed by atoms with E-state index in [1.165, 1.54) is 7.11 Å². The molecule has 1 N–H and O–H groups in total. The molecule has 3 rings (SSSR count). The van der Waals surface area contributed by atoms with Gasteiger partial charge in [0.15, 0.2) is 0 Å². The van der Waals surface area contributed by atoms with Crippen LogP contribution in [0.3, 0.4) is 0 Å². The van der Waals surface area contributed by atoms with Crippen molar-refractivity contribution in [1.82, 2.24) is 9.62 Å². The van der Waals surface area contributed by atoms with Gasteiger partial charge in [-0.05, 0) is 49.2 Å². The monoisotopic (exact) mass is 394 g/mol. The minimum Gasteiger partial charge on any atom is -0.495 e. The van der Waals surface area contributed by atoms with Gasteiger partial charge in [-0.25, -0.2) is 13.1 Å². The molecule has 148 valence electrons. The predicted octanol–water partition coefficient (Wildman–Crippen LogP) is 2.26. The smallest absolute Gasteiger partial charge is 0.244 e. The Hall–Kier alpha value is -1.87. The summed E-state index contributed by atoms with van der Waals surface area (Å²) in [6, 6.07) is 6.87. The number of ether oxygens (including phenoxy) is 2. The van der Waals surface area contributed by atoms with E-state index >= 15 is 0 Å². The number of hydrogen-bond donors (Lipinski definition) is 1. The molecule has 1 aromatic heterocycles. The van der Waals surface area contributed by atoms with Gasteiger partial charge in [-0.3, -0.25) is 4.90 Å². The van der Waals surface area contributed by atoms with E-state index in [9.17, 15) is 8.42 Å². The van der Waals surface area contributed by atoms with E-state index < -0.39 is 10.0 Å². The first-order valence-corrected chi connectivity index (χ1v) is 10.4. The molecule has 0 bridgehead atoms. The molecule has 2 heterocycles. The first-order valence-electron chi connectivity index (χ1n) is 8.92. The molecule has 0 spiro atoms. The zero-order valence-corrected chi connectivity index (χ0v) is 16.7. The molecular formula is C19H26N2O5S. The maximum Gasteiger partial charge on any atom is 0.244 e. The molecule has 1 fully saturated rings. The highest BCUT2D eigenvalue weighted by Gasteiger charge is 2.28. The van der Waals surface area contributed by atoms with E-state index in [-0.39, 0.29) is 17.5 Å². The normalized spacial score (nSPS) is 17.0. The molecule has 0 radical (unpaired) electrons. The number of benzene rings is 1. The highest BCUT2D eigenvalue weighted by molar-refractivity contribution is 7.89. The molecule has 27 heavy (non-hydrogen) atoms. The number of nitrogens with zero attached hydrogens (tertiary/aromatic N) is 1. The third kappa shape index (κ3) is 4.52. The molecule has 1 aliphatic heterocycles. The Morgan fingerprint density at radius 3 is 2.56 bits per heavy atom. The number of furan rings is 1. The van der Waals surface area contributed by atoms with Gasteiger partial charge in [-0.1, -0.05) is 0 Å². The number of rotatable bonds is 7. The van der Waals surface area contributed by atoms with Crippen molar-refractivity contribution in [3.8, 4) is 5.75 Å². The van der Waals surface area contributed by atoms with Gasteiger partial charge in [0.2, 0.25) is 10.0 Å². The topological polar surface area (TPSA) is 81.0 Å². The average molecular weight is 394 g/mol. The Morgan fingerprint density at radius 1 is 1.22 bits per heavy atom. The minimum absolute atomic E-state index is 0.147. The molecule has 2 aromatic rings. The standard InChI is InChI=1S/C19H26N2O5S/c1-14-11-18(24-3)19(12-15(14)2)27(22,23)20-13-16(17-5-4-8-26-17)21-6-9-25-10-7-21/h4-5,8,11-12,16,20H,6-7,9-10,13H2,1-3H3. The maximum atomic E-state index is 13.0. The second-order valence-corrected chi connectivity index (χ2v) is 8.35. The van der Waals surface area contributed by atoms with Crippen molar-refractivity contribution in [1.29, 1.82) is 0 Å². The van der Waals surface area contributed by atoms with E-state index in [4.69, 9.17) is 13.9 Å². The van der Waals surface area contributed by atoms with Gasteiger partial charge in [0, 0.05) is 19.6 Å². The lowest BCUT2D eigenvalue weighted by Crippen LogP contribution is -2.43. The van der Waals surface area contributed by atoms with Crippen molar-refractivity contribution in [2.24, 2.45) is 0 Å². The summed E-state index contributed by atoms with van der Waals surface area (Å²) in [5.74, 6) is 1.07. The van der Waals surface area contributed by atoms with Crippen molar-refractivity contribution >= 4 is 10.0 Å². The molecule has 0 saturated carbocycles. The van der Waals surface area contributed by atoms with Crippen molar-refractivity contribution in [3.63, 3.8) is 0 Å². The quantitative estimate of drug-likeness (QED) is 0.776. The van der Waals surface area contributed by atoms with Crippen LogP contribution in [-0.2, 0) is 14.8 Å². The van der Waals surface area contributed by atoms with Crippen LogP contribution in [-0.4, -0.2) is 53.3 Å². The molecule has 8 heteroatoms. The lowest BCUT2D eigenvalue weighted by Gasteiger charge is -2.33. The molecule has 1 aliphatic rings. The number of aryl methyl sites for hydroxylation is 2. The van der Waals surface area contributed by atoms with Crippen LogP contribution in [0.1, 0.15) is 22.9 Å². The minimum atomic E-state index is -3.74. The fourth-order valence-electron chi connectivity index (χ4n) is 3.18. The number of hydrogen-bond acceptors (Lipinski definition) is 6. The first-order chi connectivity index (χ1) is 12.9. The molecule has 1 saturated heterocycles. The Morgan fingerprint density at radius 2 is 1.93 bits per heavy atom. The maximum absolute atomic E-state index is 13.0. The van der Waals surface area contributed by atoms with Crippen LogP contribution in [0, 0.1) is 13.8 Å². The van der Waals surface area contributed by atoms with Crippen LogP contribution in [0.15, 0.2) is 39.8 Å². The third-order valence-electron chi connectivity index (χ3n) is 4.89. The fourth-order valence-corrected chi connectivity index (χ4v) is 4.45. The van der Waals surface area contributed by atoms with Gasteiger partial charge in [0.05, 0.1) is 32.6 Å². The summed E-state index contributed by atoms with van der Waals surface area (Å²) in [5, 5.41) is 0. The summed E-state index contributed by atoms with van der Waals surface area (Å²) < 4.78 is 44.9. The van der Waals surface area contributed by atoms with Crippen molar-refractivity contribution in [2.45, 2.75) is 24.8 Å². The second kappa shape index (κ2) is 8.43. The fraction of sp³-hybridized carbons (Fsp3) is 0.474. The lowest BCUT2D eigenvalue weighted by atomic mass is 10.1. The first kappa shape index (κ1) is 19.9. The van der Waals surface area contributed by atoms with Crippen LogP contribution in [0.5, 0.6) is 5.75 Å². The van der Waals surface area contributed by atoms with E-state index in [0.29, 0.717) is 19.0 Å². The van der Waals surface area contributed by atoms with Crippen LogP contribution in [0.4, 0.5) is 0 Å². The number of morpholine rings is 1. The summed E-state index contributed by atoms with van der Waals surface area (Å²) in [5.41, 5.74) is 1.87. The molecule has 1 atom stereocenters. The summed E-state index contributed by atoms with van der Waals surface area (Å²) in [6.07, 6.45) is 1.60. The second-order valence-electron chi connectivity index (χ2n) is 6.62. The van der Waals surface area contributed by atoms with Gasteiger partial charge < -0.3 is 13.9 Å². The Kier molecular flexibility index (Phi) is 6.21. The molecule has 1 aromatic carbocycles. The molecule has 0 amide bonds. The lowest BCUT2D eigenvalue weighted by molar-refractivity contribution is 0.0128. The summed E-state index contributed by atoms with van der Waals surface area (Å²) in [7, 11) is -2.27. The van der Waals surface area contributed by atoms with Gasteiger partial charge in [-0.2, -0.15) is 0 Å². The SMILES string of the molecule is COc1cc(C)c(C)cc1S(=O)(=O)NCC(c1ccco1)N1CCOCC1. The van der Waals surface area contributed by atoms with Crippen molar-refractivity contribution < 1.29 is 22.3 Å². The van der Waals surface area contributed by atoms with Crippen LogP contribution < -0.4 is 9.46 Å². The summed E-state index contributed by atoms with van der Waals surface area (Å²) in [6.45, 7) is 6.69. The van der Waals surface area contributed by atoms with Crippen molar-refractivity contribution in [2.75, 3.05) is 40.0 Å². The highest BCUT2D eigenvalue weighted by atomic mass is 32.2. The van der Waals surface area contributed by atoms with Gasteiger partial charge >= 0.3 is 0 Å². The van der Waals surface area contributed by atoms with E-state index in [2.05, 4.69) is 9.62 Å². The predicted molar refractivity (Wildman–Crippen MR) is 101 cm³/mol. The highest BCUT2D eigenvalue weighted by Crippen LogP contribution is 2.28. The Balaban J connectivity index is 1.83. The number of methoxy groups -OCH3 is 1. The molecular weight excluding hydrogens is 368 g/mol. The molecule has 7 nitrogen and oxygen atoms in total. The van der Waals surface area contributed by atoms with E-state index in [1.807, 2.05) is 26.0 Å². The van der Waals surface area contributed by atoms with E-state index in [0.717, 1.165) is 30.0 Å². The van der Waals surface area contributed by atoms with Gasteiger partial charge in [0.25, 0.3) is 0 Å². The average Bonchev–Trinajstić information content (AvgIpc) is 3.19.